The number of nitrogens with one attached hydrogen (secondary N) is 2. The first-order valence-electron chi connectivity index (χ1n) is 10.1. The van der Waals surface area contributed by atoms with Crippen molar-refractivity contribution in [3.8, 4) is 22.8 Å². The molecular formula is C23H26N4O4. The summed E-state index contributed by atoms with van der Waals surface area (Å²) >= 11 is 0. The molecule has 1 atom stereocenters. The first kappa shape index (κ1) is 20.9. The van der Waals surface area contributed by atoms with E-state index < -0.39 is 6.23 Å². The molecule has 1 aromatic heterocycles. The van der Waals surface area contributed by atoms with Gasteiger partial charge < -0.3 is 30.3 Å². The zero-order chi connectivity index (χ0) is 21.8. The molecule has 0 saturated heterocycles. The van der Waals surface area contributed by atoms with Crippen LogP contribution in [0.1, 0.15) is 17.5 Å². The van der Waals surface area contributed by atoms with E-state index in [1.807, 2.05) is 36.4 Å². The van der Waals surface area contributed by atoms with Gasteiger partial charge in [-0.05, 0) is 36.6 Å². The van der Waals surface area contributed by atoms with Gasteiger partial charge in [-0.15, -0.1) is 0 Å². The smallest absolute Gasteiger partial charge is 0.227 e. The van der Waals surface area contributed by atoms with Crippen LogP contribution in [0.3, 0.4) is 0 Å². The Morgan fingerprint density at radius 3 is 2.74 bits per heavy atom. The molecule has 0 radical (unpaired) electrons. The Morgan fingerprint density at radius 1 is 1.13 bits per heavy atom. The maximum Gasteiger partial charge on any atom is 0.227 e. The Kier molecular flexibility index (Phi) is 6.20. The first-order valence-corrected chi connectivity index (χ1v) is 10.1. The molecule has 0 aliphatic carbocycles. The van der Waals surface area contributed by atoms with E-state index in [0.717, 1.165) is 40.2 Å². The number of anilines is 3. The molecule has 2 aromatic carbocycles. The van der Waals surface area contributed by atoms with Gasteiger partial charge in [0.25, 0.3) is 0 Å². The van der Waals surface area contributed by atoms with E-state index in [4.69, 9.17) is 19.6 Å². The second-order valence-corrected chi connectivity index (χ2v) is 7.33. The lowest BCUT2D eigenvalue weighted by atomic mass is 10.0. The number of aliphatic hydroxyl groups is 2. The second kappa shape index (κ2) is 9.20. The van der Waals surface area contributed by atoms with E-state index >= 15 is 0 Å². The Balaban J connectivity index is 1.68. The van der Waals surface area contributed by atoms with Gasteiger partial charge in [-0.1, -0.05) is 12.1 Å². The van der Waals surface area contributed by atoms with Crippen LogP contribution in [0.5, 0.6) is 11.5 Å². The van der Waals surface area contributed by atoms with Crippen LogP contribution in [0.4, 0.5) is 17.3 Å². The third-order valence-corrected chi connectivity index (χ3v) is 5.20. The normalized spacial score (nSPS) is 14.6. The van der Waals surface area contributed by atoms with Gasteiger partial charge in [0.2, 0.25) is 5.95 Å². The lowest BCUT2D eigenvalue weighted by molar-refractivity contribution is 0.205. The van der Waals surface area contributed by atoms with Crippen LogP contribution >= 0.6 is 0 Å². The highest BCUT2D eigenvalue weighted by molar-refractivity contribution is 5.80. The second-order valence-electron chi connectivity index (χ2n) is 7.33. The van der Waals surface area contributed by atoms with Crippen molar-refractivity contribution in [2.45, 2.75) is 25.5 Å². The van der Waals surface area contributed by atoms with E-state index in [0.29, 0.717) is 30.3 Å². The van der Waals surface area contributed by atoms with E-state index in [9.17, 15) is 5.11 Å². The van der Waals surface area contributed by atoms with Gasteiger partial charge in [0, 0.05) is 47.8 Å². The molecular weight excluding hydrogens is 396 g/mol. The summed E-state index contributed by atoms with van der Waals surface area (Å²) in [5.74, 6) is 1.69. The van der Waals surface area contributed by atoms with Crippen LogP contribution in [0.15, 0.2) is 42.6 Å². The van der Waals surface area contributed by atoms with Crippen molar-refractivity contribution < 1.29 is 19.7 Å². The fraction of sp³-hybridized carbons (Fsp3) is 0.304. The molecule has 0 bridgehead atoms. The molecule has 0 spiro atoms. The molecule has 0 fully saturated rings. The van der Waals surface area contributed by atoms with Crippen LogP contribution in [0, 0.1) is 0 Å². The summed E-state index contributed by atoms with van der Waals surface area (Å²) in [6, 6.07) is 11.5. The van der Waals surface area contributed by atoms with Gasteiger partial charge in [-0.2, -0.15) is 0 Å². The highest BCUT2D eigenvalue weighted by Crippen LogP contribution is 2.35. The average molecular weight is 422 g/mol. The van der Waals surface area contributed by atoms with Crippen molar-refractivity contribution >= 4 is 17.3 Å². The van der Waals surface area contributed by atoms with E-state index in [1.54, 1.807) is 20.4 Å². The highest BCUT2D eigenvalue weighted by Gasteiger charge is 2.21. The van der Waals surface area contributed by atoms with Crippen molar-refractivity contribution in [3.05, 3.63) is 53.7 Å². The van der Waals surface area contributed by atoms with Gasteiger partial charge in [0.1, 0.15) is 6.23 Å². The predicted molar refractivity (Wildman–Crippen MR) is 119 cm³/mol. The number of rotatable bonds is 7. The first-order chi connectivity index (χ1) is 15.1. The number of benzene rings is 2. The maximum absolute atomic E-state index is 10.4. The number of hydrogen-bond acceptors (Lipinski definition) is 8. The Bertz CT molecular complexity index is 1070. The number of aromatic nitrogens is 2. The minimum absolute atomic E-state index is 0.147. The minimum atomic E-state index is -0.735. The van der Waals surface area contributed by atoms with Gasteiger partial charge in [0.15, 0.2) is 11.5 Å². The predicted octanol–water partition coefficient (Wildman–Crippen LogP) is 3.12. The fourth-order valence-corrected chi connectivity index (χ4v) is 3.69. The van der Waals surface area contributed by atoms with E-state index in [2.05, 4.69) is 15.6 Å². The Hall–Kier alpha value is -3.36. The number of ether oxygens (including phenoxy) is 2. The molecule has 4 N–H and O–H groups in total. The van der Waals surface area contributed by atoms with Gasteiger partial charge >= 0.3 is 0 Å². The van der Waals surface area contributed by atoms with Crippen molar-refractivity contribution in [1.29, 1.82) is 0 Å². The summed E-state index contributed by atoms with van der Waals surface area (Å²) < 4.78 is 10.6. The summed E-state index contributed by atoms with van der Waals surface area (Å²) in [7, 11) is 3.18. The molecule has 162 valence electrons. The van der Waals surface area contributed by atoms with Crippen molar-refractivity contribution in [3.63, 3.8) is 0 Å². The Labute approximate surface area is 180 Å². The third kappa shape index (κ3) is 4.55. The molecule has 3 aromatic rings. The van der Waals surface area contributed by atoms with Crippen molar-refractivity contribution in [1.82, 2.24) is 9.97 Å². The topological polar surface area (TPSA) is 109 Å². The minimum Gasteiger partial charge on any atom is -0.493 e. The van der Waals surface area contributed by atoms with Gasteiger partial charge in [-0.25, -0.2) is 9.97 Å². The molecule has 2 heterocycles. The molecule has 8 heteroatoms. The number of nitrogens with zero attached hydrogens (tertiary/aromatic N) is 2. The van der Waals surface area contributed by atoms with Gasteiger partial charge in [-0.3, -0.25) is 0 Å². The number of fused-ring (bicyclic) bond motifs is 3. The van der Waals surface area contributed by atoms with Crippen LogP contribution in [-0.4, -0.2) is 47.2 Å². The summed E-state index contributed by atoms with van der Waals surface area (Å²) in [4.78, 5) is 9.18. The third-order valence-electron chi connectivity index (χ3n) is 5.20. The van der Waals surface area contributed by atoms with Crippen LogP contribution < -0.4 is 20.1 Å². The van der Waals surface area contributed by atoms with Crippen LogP contribution in [0.25, 0.3) is 11.3 Å². The number of methoxy groups -OCH3 is 2. The quantitative estimate of drug-likeness (QED) is 0.460. The summed E-state index contributed by atoms with van der Waals surface area (Å²) in [5.41, 5.74) is 5.21. The summed E-state index contributed by atoms with van der Waals surface area (Å²) in [6.07, 6.45) is 2.86. The highest BCUT2D eigenvalue weighted by atomic mass is 16.5. The average Bonchev–Trinajstić information content (AvgIpc) is 2.92. The standard InChI is InChI=1S/C23H26N4O4/c1-30-19-8-6-16(12-20(19)31-2)25-23-24-13-15-11-21(29)26-18-10-14(4-3-9-28)5-7-17(18)22(15)27-23/h5-8,10,12-13,21,26,28-29H,3-4,9,11H2,1-2H3,(H,24,25,27). The zero-order valence-corrected chi connectivity index (χ0v) is 17.6. The van der Waals surface area contributed by atoms with Gasteiger partial charge in [0.05, 0.1) is 19.9 Å². The SMILES string of the molecule is COc1ccc(Nc2ncc3c(n2)-c2ccc(CCCO)cc2NC(O)C3)cc1OC. The lowest BCUT2D eigenvalue weighted by Crippen LogP contribution is -2.20. The molecule has 4 rings (SSSR count). The van der Waals surface area contributed by atoms with Crippen molar-refractivity contribution in [2.75, 3.05) is 31.5 Å². The molecule has 0 saturated carbocycles. The molecule has 0 amide bonds. The van der Waals surface area contributed by atoms with Crippen LogP contribution in [-0.2, 0) is 12.8 Å². The lowest BCUT2D eigenvalue weighted by Gasteiger charge is -2.14. The zero-order valence-electron chi connectivity index (χ0n) is 17.6. The molecule has 1 aliphatic heterocycles. The number of aliphatic hydroxyl groups excluding tert-OH is 2. The largest absolute Gasteiger partial charge is 0.493 e. The number of hydrogen-bond donors (Lipinski definition) is 4. The molecule has 8 nitrogen and oxygen atoms in total. The molecule has 1 unspecified atom stereocenters. The van der Waals surface area contributed by atoms with E-state index in [-0.39, 0.29) is 6.61 Å². The van der Waals surface area contributed by atoms with E-state index in [1.165, 1.54) is 0 Å². The number of aryl methyl sites for hydroxylation is 1. The summed E-state index contributed by atoms with van der Waals surface area (Å²) in [6.45, 7) is 0.147. The maximum atomic E-state index is 10.4. The summed E-state index contributed by atoms with van der Waals surface area (Å²) in [5, 5.41) is 25.9. The molecule has 1 aliphatic rings. The molecule has 31 heavy (non-hydrogen) atoms. The van der Waals surface area contributed by atoms with Crippen molar-refractivity contribution in [2.24, 2.45) is 0 Å². The Morgan fingerprint density at radius 2 is 1.97 bits per heavy atom. The van der Waals surface area contributed by atoms with Crippen LogP contribution in [0.2, 0.25) is 0 Å². The fourth-order valence-electron chi connectivity index (χ4n) is 3.69. The monoisotopic (exact) mass is 422 g/mol.